The van der Waals surface area contributed by atoms with Crippen LogP contribution >= 0.6 is 0 Å². The highest BCUT2D eigenvalue weighted by Gasteiger charge is 2.44. The fourth-order valence-corrected chi connectivity index (χ4v) is 3.08. The van der Waals surface area contributed by atoms with Crippen LogP contribution in [-0.4, -0.2) is 35.5 Å². The first-order valence-electron chi connectivity index (χ1n) is 5.66. The molecular weight excluding hydrogens is 176 g/mol. The average molecular weight is 196 g/mol. The topological polar surface area (TPSA) is 32.3 Å². The van der Waals surface area contributed by atoms with E-state index in [1.165, 1.54) is 12.8 Å². The second kappa shape index (κ2) is 3.54. The van der Waals surface area contributed by atoms with Crippen molar-refractivity contribution in [3.63, 3.8) is 0 Å². The molecule has 0 aromatic rings. The molecule has 3 heteroatoms. The predicted molar refractivity (Wildman–Crippen MR) is 56.1 cm³/mol. The third kappa shape index (κ3) is 1.44. The molecule has 2 saturated heterocycles. The van der Waals surface area contributed by atoms with E-state index >= 15 is 0 Å². The molecule has 0 aliphatic carbocycles. The minimum Gasteiger partial charge on any atom is -0.336 e. The van der Waals surface area contributed by atoms with Gasteiger partial charge < -0.3 is 10.2 Å². The standard InChI is InChI=1S/C11H20N2O/c1-9(14)13-8-3-5-10-11(13,2)6-4-7-12-10/h10,12H,3-8H2,1-2H3/t10-,11+/m1/s1. The maximum Gasteiger partial charge on any atom is 0.219 e. The molecule has 0 spiro atoms. The smallest absolute Gasteiger partial charge is 0.219 e. The second-order valence-electron chi connectivity index (χ2n) is 4.78. The third-order valence-corrected chi connectivity index (χ3v) is 3.87. The molecule has 80 valence electrons. The van der Waals surface area contributed by atoms with Crippen LogP contribution in [0.4, 0.5) is 0 Å². The Morgan fingerprint density at radius 2 is 2.29 bits per heavy atom. The van der Waals surface area contributed by atoms with Gasteiger partial charge in [0, 0.05) is 19.5 Å². The molecule has 2 atom stereocenters. The molecular formula is C11H20N2O. The molecule has 14 heavy (non-hydrogen) atoms. The van der Waals surface area contributed by atoms with Crippen molar-refractivity contribution in [2.45, 2.75) is 51.1 Å². The Morgan fingerprint density at radius 3 is 3.00 bits per heavy atom. The lowest BCUT2D eigenvalue weighted by atomic mass is 9.77. The summed E-state index contributed by atoms with van der Waals surface area (Å²) >= 11 is 0. The van der Waals surface area contributed by atoms with Gasteiger partial charge in [-0.25, -0.2) is 0 Å². The van der Waals surface area contributed by atoms with Crippen molar-refractivity contribution in [2.75, 3.05) is 13.1 Å². The van der Waals surface area contributed by atoms with Crippen molar-refractivity contribution >= 4 is 5.91 Å². The van der Waals surface area contributed by atoms with Crippen LogP contribution in [0.15, 0.2) is 0 Å². The van der Waals surface area contributed by atoms with E-state index in [1.54, 1.807) is 6.92 Å². The highest BCUT2D eigenvalue weighted by atomic mass is 16.2. The van der Waals surface area contributed by atoms with Crippen LogP contribution in [0.5, 0.6) is 0 Å². The van der Waals surface area contributed by atoms with E-state index in [9.17, 15) is 4.79 Å². The Kier molecular flexibility index (Phi) is 2.52. The average Bonchev–Trinajstić information content (AvgIpc) is 2.15. The van der Waals surface area contributed by atoms with Crippen molar-refractivity contribution in [1.29, 1.82) is 0 Å². The molecule has 3 nitrogen and oxygen atoms in total. The van der Waals surface area contributed by atoms with E-state index < -0.39 is 0 Å². The van der Waals surface area contributed by atoms with Gasteiger partial charge in [0.25, 0.3) is 0 Å². The van der Waals surface area contributed by atoms with E-state index in [1.807, 2.05) is 0 Å². The Labute approximate surface area is 85.8 Å². The summed E-state index contributed by atoms with van der Waals surface area (Å²) in [6.45, 7) is 6.00. The van der Waals surface area contributed by atoms with Crippen LogP contribution < -0.4 is 5.32 Å². The Hall–Kier alpha value is -0.570. The maximum atomic E-state index is 11.6. The molecule has 0 aromatic carbocycles. The minimum atomic E-state index is 0.0856. The first-order chi connectivity index (χ1) is 6.64. The molecule has 0 radical (unpaired) electrons. The van der Waals surface area contributed by atoms with Gasteiger partial charge in [0.1, 0.15) is 0 Å². The zero-order valence-corrected chi connectivity index (χ0v) is 9.18. The van der Waals surface area contributed by atoms with Gasteiger partial charge >= 0.3 is 0 Å². The highest BCUT2D eigenvalue weighted by molar-refractivity contribution is 5.74. The number of amides is 1. The number of likely N-dealkylation sites (tertiary alicyclic amines) is 1. The number of piperidine rings is 2. The lowest BCUT2D eigenvalue weighted by Crippen LogP contribution is -2.66. The highest BCUT2D eigenvalue weighted by Crippen LogP contribution is 2.34. The van der Waals surface area contributed by atoms with Crippen molar-refractivity contribution < 1.29 is 4.79 Å². The molecule has 0 unspecified atom stereocenters. The fraction of sp³-hybridized carbons (Fsp3) is 0.909. The number of hydrogen-bond donors (Lipinski definition) is 1. The fourth-order valence-electron chi connectivity index (χ4n) is 3.08. The van der Waals surface area contributed by atoms with Gasteiger partial charge in [-0.3, -0.25) is 4.79 Å². The Balaban J connectivity index is 2.21. The van der Waals surface area contributed by atoms with E-state index in [0.717, 1.165) is 25.9 Å². The van der Waals surface area contributed by atoms with Crippen LogP contribution in [-0.2, 0) is 4.79 Å². The summed E-state index contributed by atoms with van der Waals surface area (Å²) in [6.07, 6.45) is 4.72. The molecule has 0 saturated carbocycles. The summed E-state index contributed by atoms with van der Waals surface area (Å²) in [6, 6.07) is 0.522. The zero-order valence-electron chi connectivity index (χ0n) is 9.18. The van der Waals surface area contributed by atoms with Gasteiger partial charge in [-0.2, -0.15) is 0 Å². The third-order valence-electron chi connectivity index (χ3n) is 3.87. The van der Waals surface area contributed by atoms with Gasteiger partial charge in [-0.05, 0) is 39.2 Å². The summed E-state index contributed by atoms with van der Waals surface area (Å²) in [7, 11) is 0. The lowest BCUT2D eigenvalue weighted by molar-refractivity contribution is -0.139. The molecule has 2 rings (SSSR count). The molecule has 0 bridgehead atoms. The normalized spacial score (nSPS) is 37.9. The summed E-state index contributed by atoms with van der Waals surface area (Å²) in [5.74, 6) is 0.237. The van der Waals surface area contributed by atoms with Crippen molar-refractivity contribution in [3.8, 4) is 0 Å². The molecule has 2 fully saturated rings. The number of carbonyl (C=O) groups excluding carboxylic acids is 1. The van der Waals surface area contributed by atoms with Gasteiger partial charge in [0.05, 0.1) is 5.54 Å². The number of rotatable bonds is 0. The van der Waals surface area contributed by atoms with E-state index in [0.29, 0.717) is 6.04 Å². The number of carbonyl (C=O) groups is 1. The Morgan fingerprint density at radius 1 is 1.50 bits per heavy atom. The van der Waals surface area contributed by atoms with Crippen molar-refractivity contribution in [2.24, 2.45) is 0 Å². The zero-order chi connectivity index (χ0) is 10.2. The SMILES string of the molecule is CC(=O)N1CCC[C@H]2NCCC[C@@]21C. The Bertz CT molecular complexity index is 239. The second-order valence-corrected chi connectivity index (χ2v) is 4.78. The number of nitrogens with one attached hydrogen (secondary N) is 1. The van der Waals surface area contributed by atoms with Gasteiger partial charge in [0.15, 0.2) is 0 Å². The van der Waals surface area contributed by atoms with Crippen molar-refractivity contribution in [3.05, 3.63) is 0 Å². The summed E-state index contributed by atoms with van der Waals surface area (Å²) in [4.78, 5) is 13.6. The molecule has 2 heterocycles. The molecule has 0 aromatic heterocycles. The van der Waals surface area contributed by atoms with Gasteiger partial charge in [-0.1, -0.05) is 0 Å². The number of fused-ring (bicyclic) bond motifs is 1. The van der Waals surface area contributed by atoms with Gasteiger partial charge in [-0.15, -0.1) is 0 Å². The predicted octanol–water partition coefficient (Wildman–Crippen LogP) is 1.14. The summed E-state index contributed by atoms with van der Waals surface area (Å²) < 4.78 is 0. The van der Waals surface area contributed by atoms with E-state index in [2.05, 4.69) is 17.1 Å². The first-order valence-corrected chi connectivity index (χ1v) is 5.66. The molecule has 1 amide bonds. The van der Waals surface area contributed by atoms with Crippen LogP contribution in [0.1, 0.15) is 39.5 Å². The summed E-state index contributed by atoms with van der Waals surface area (Å²) in [5.41, 5.74) is 0.0856. The molecule has 2 aliphatic rings. The van der Waals surface area contributed by atoms with E-state index in [-0.39, 0.29) is 11.4 Å². The maximum absolute atomic E-state index is 11.6. The van der Waals surface area contributed by atoms with Crippen LogP contribution in [0.3, 0.4) is 0 Å². The monoisotopic (exact) mass is 196 g/mol. The van der Waals surface area contributed by atoms with Crippen molar-refractivity contribution in [1.82, 2.24) is 10.2 Å². The number of nitrogens with zero attached hydrogens (tertiary/aromatic N) is 1. The van der Waals surface area contributed by atoms with Crippen LogP contribution in [0.2, 0.25) is 0 Å². The quantitative estimate of drug-likeness (QED) is 0.630. The molecule has 1 N–H and O–H groups in total. The molecule has 2 aliphatic heterocycles. The minimum absolute atomic E-state index is 0.0856. The number of hydrogen-bond acceptors (Lipinski definition) is 2. The van der Waals surface area contributed by atoms with Gasteiger partial charge in [0.2, 0.25) is 5.91 Å². The summed E-state index contributed by atoms with van der Waals surface area (Å²) in [5, 5.41) is 3.55. The first kappa shape index (κ1) is 9.97. The van der Waals surface area contributed by atoms with E-state index in [4.69, 9.17) is 0 Å². The van der Waals surface area contributed by atoms with Crippen LogP contribution in [0, 0.1) is 0 Å². The van der Waals surface area contributed by atoms with Crippen LogP contribution in [0.25, 0.3) is 0 Å². The largest absolute Gasteiger partial charge is 0.336 e. The lowest BCUT2D eigenvalue weighted by Gasteiger charge is -2.52.